The Morgan fingerprint density at radius 3 is 2.52 bits per heavy atom. The number of nitro benzene ring substituents is 1. The van der Waals surface area contributed by atoms with Gasteiger partial charge >= 0.3 is 17.7 Å². The predicted octanol–water partition coefficient (Wildman–Crippen LogP) is 4.53. The van der Waals surface area contributed by atoms with Crippen molar-refractivity contribution < 1.29 is 28.7 Å². The van der Waals surface area contributed by atoms with E-state index in [-0.39, 0.29) is 28.9 Å². The highest BCUT2D eigenvalue weighted by molar-refractivity contribution is 5.95. The summed E-state index contributed by atoms with van der Waals surface area (Å²) >= 11 is 0. The Hall–Kier alpha value is -3.30. The Morgan fingerprint density at radius 2 is 1.94 bits per heavy atom. The standard InChI is InChI=1S/C23H33N3O7/c1-6-8-9-11-32-21-17(26(29)30)12-15(13-18(21)31-5)20-19(22(27)33-14(3)4)16(10-7-2)24-23(28)25-20/h12-14,20H,6-11H2,1-5H3,(H2,24,25,28). The first kappa shape index (κ1) is 26.0. The normalized spacial score (nSPS) is 15.7. The molecule has 2 rings (SSSR count). The van der Waals surface area contributed by atoms with E-state index in [4.69, 9.17) is 14.2 Å². The van der Waals surface area contributed by atoms with Gasteiger partial charge in [-0.3, -0.25) is 10.1 Å². The van der Waals surface area contributed by atoms with E-state index in [0.29, 0.717) is 30.7 Å². The molecule has 182 valence electrons. The minimum atomic E-state index is -0.951. The number of methoxy groups -OCH3 is 1. The Bertz CT molecular complexity index is 912. The molecule has 33 heavy (non-hydrogen) atoms. The van der Waals surface area contributed by atoms with Crippen molar-refractivity contribution in [2.75, 3.05) is 13.7 Å². The second-order valence-corrected chi connectivity index (χ2v) is 8.01. The quantitative estimate of drug-likeness (QED) is 0.202. The summed E-state index contributed by atoms with van der Waals surface area (Å²) < 4.78 is 16.5. The highest BCUT2D eigenvalue weighted by Gasteiger charge is 2.36. The smallest absolute Gasteiger partial charge is 0.338 e. The molecule has 1 unspecified atom stereocenters. The average molecular weight is 464 g/mol. The molecule has 1 aliphatic rings. The van der Waals surface area contributed by atoms with E-state index in [0.717, 1.165) is 19.3 Å². The van der Waals surface area contributed by atoms with Crippen molar-refractivity contribution in [3.8, 4) is 11.5 Å². The summed E-state index contributed by atoms with van der Waals surface area (Å²) in [5.74, 6) is -0.434. The third-order valence-corrected chi connectivity index (χ3v) is 5.02. The van der Waals surface area contributed by atoms with Gasteiger partial charge in [-0.25, -0.2) is 9.59 Å². The fraction of sp³-hybridized carbons (Fsp3) is 0.565. The van der Waals surface area contributed by atoms with Gasteiger partial charge in [-0.2, -0.15) is 0 Å². The van der Waals surface area contributed by atoms with Crippen LogP contribution in [0.1, 0.15) is 71.4 Å². The van der Waals surface area contributed by atoms with Crippen molar-refractivity contribution >= 4 is 17.7 Å². The fourth-order valence-corrected chi connectivity index (χ4v) is 3.57. The summed E-state index contributed by atoms with van der Waals surface area (Å²) in [6.45, 7) is 7.72. The van der Waals surface area contributed by atoms with Crippen molar-refractivity contribution in [1.82, 2.24) is 10.6 Å². The largest absolute Gasteiger partial charge is 0.493 e. The van der Waals surface area contributed by atoms with Gasteiger partial charge in [-0.05, 0) is 38.3 Å². The first-order valence-corrected chi connectivity index (χ1v) is 11.2. The van der Waals surface area contributed by atoms with Crippen LogP contribution >= 0.6 is 0 Å². The molecule has 2 N–H and O–H groups in total. The number of allylic oxidation sites excluding steroid dienone is 1. The molecule has 1 heterocycles. The number of benzene rings is 1. The maximum absolute atomic E-state index is 13.0. The molecule has 0 saturated carbocycles. The van der Waals surface area contributed by atoms with Gasteiger partial charge in [0.25, 0.3) is 0 Å². The number of rotatable bonds is 12. The summed E-state index contributed by atoms with van der Waals surface area (Å²) in [5, 5.41) is 17.2. The molecule has 0 spiro atoms. The third kappa shape index (κ3) is 6.59. The minimum absolute atomic E-state index is 0.0201. The SMILES string of the molecule is CCCCCOc1c(OC)cc(C2NC(=O)NC(CCC)=C2C(=O)OC(C)C)cc1[N+](=O)[O-]. The average Bonchev–Trinajstić information content (AvgIpc) is 2.75. The maximum atomic E-state index is 13.0. The molecule has 10 nitrogen and oxygen atoms in total. The van der Waals surface area contributed by atoms with Crippen LogP contribution < -0.4 is 20.1 Å². The Labute approximate surface area is 193 Å². The molecule has 1 aromatic carbocycles. The molecule has 0 bridgehead atoms. The maximum Gasteiger partial charge on any atom is 0.338 e. The Balaban J connectivity index is 2.59. The molecule has 0 fully saturated rings. The summed E-state index contributed by atoms with van der Waals surface area (Å²) in [6, 6.07) is 1.39. The third-order valence-electron chi connectivity index (χ3n) is 5.02. The van der Waals surface area contributed by atoms with E-state index in [9.17, 15) is 19.7 Å². The first-order valence-electron chi connectivity index (χ1n) is 11.2. The molecule has 10 heteroatoms. The molecule has 2 amide bonds. The molecule has 0 radical (unpaired) electrons. The van der Waals surface area contributed by atoms with Gasteiger partial charge in [-0.1, -0.05) is 33.1 Å². The number of ether oxygens (including phenoxy) is 3. The molecule has 1 aromatic rings. The zero-order valence-electron chi connectivity index (χ0n) is 19.9. The van der Waals surface area contributed by atoms with E-state index in [2.05, 4.69) is 10.6 Å². The van der Waals surface area contributed by atoms with E-state index in [1.165, 1.54) is 13.2 Å². The second-order valence-electron chi connectivity index (χ2n) is 8.01. The van der Waals surface area contributed by atoms with Gasteiger partial charge in [-0.15, -0.1) is 0 Å². The number of esters is 1. The number of amides is 2. The molecule has 1 atom stereocenters. The van der Waals surface area contributed by atoms with Crippen LogP contribution in [-0.4, -0.2) is 36.7 Å². The van der Waals surface area contributed by atoms with Crippen molar-refractivity contribution in [2.45, 2.75) is 71.9 Å². The number of nitrogens with zero attached hydrogens (tertiary/aromatic N) is 1. The lowest BCUT2D eigenvalue weighted by molar-refractivity contribution is -0.386. The van der Waals surface area contributed by atoms with Crippen molar-refractivity contribution in [3.05, 3.63) is 39.1 Å². The van der Waals surface area contributed by atoms with Crippen LogP contribution in [0, 0.1) is 10.1 Å². The summed E-state index contributed by atoms with van der Waals surface area (Å²) in [5.41, 5.74) is 0.650. The summed E-state index contributed by atoms with van der Waals surface area (Å²) in [6.07, 6.45) is 3.39. The number of carbonyl (C=O) groups is 2. The molecular weight excluding hydrogens is 430 g/mol. The molecular formula is C23H33N3O7. The van der Waals surface area contributed by atoms with Crippen molar-refractivity contribution in [2.24, 2.45) is 0 Å². The number of nitro groups is 1. The van der Waals surface area contributed by atoms with E-state index < -0.39 is 23.0 Å². The van der Waals surface area contributed by atoms with Gasteiger partial charge in [0.15, 0.2) is 5.75 Å². The van der Waals surface area contributed by atoms with Crippen molar-refractivity contribution in [3.63, 3.8) is 0 Å². The van der Waals surface area contributed by atoms with E-state index in [1.54, 1.807) is 19.9 Å². The van der Waals surface area contributed by atoms with Gasteiger partial charge in [0.2, 0.25) is 5.75 Å². The minimum Gasteiger partial charge on any atom is -0.493 e. The number of hydrogen-bond donors (Lipinski definition) is 2. The molecule has 0 aromatic heterocycles. The Kier molecular flexibility index (Phi) is 9.50. The molecule has 0 saturated heterocycles. The van der Waals surface area contributed by atoms with Crippen LogP contribution in [0.3, 0.4) is 0 Å². The van der Waals surface area contributed by atoms with Crippen LogP contribution in [0.25, 0.3) is 0 Å². The van der Waals surface area contributed by atoms with Gasteiger partial charge in [0.05, 0.1) is 36.4 Å². The van der Waals surface area contributed by atoms with E-state index >= 15 is 0 Å². The van der Waals surface area contributed by atoms with Crippen LogP contribution in [-0.2, 0) is 9.53 Å². The van der Waals surface area contributed by atoms with Crippen molar-refractivity contribution in [1.29, 1.82) is 0 Å². The summed E-state index contributed by atoms with van der Waals surface area (Å²) in [4.78, 5) is 36.6. The zero-order chi connectivity index (χ0) is 24.5. The second kappa shape index (κ2) is 12.1. The number of carbonyl (C=O) groups excluding carboxylic acids is 2. The highest BCUT2D eigenvalue weighted by Crippen LogP contribution is 2.42. The van der Waals surface area contributed by atoms with Gasteiger partial charge < -0.3 is 24.8 Å². The topological polar surface area (TPSA) is 129 Å². The number of unbranched alkanes of at least 4 members (excludes halogenated alkanes) is 2. The van der Waals surface area contributed by atoms with Crippen LogP contribution in [0.15, 0.2) is 23.4 Å². The lowest BCUT2D eigenvalue weighted by atomic mass is 9.93. The van der Waals surface area contributed by atoms with Gasteiger partial charge in [0.1, 0.15) is 0 Å². The van der Waals surface area contributed by atoms with Gasteiger partial charge in [0, 0.05) is 11.8 Å². The molecule has 0 aliphatic carbocycles. The molecule has 1 aliphatic heterocycles. The monoisotopic (exact) mass is 463 g/mol. The van der Waals surface area contributed by atoms with Crippen LogP contribution in [0.2, 0.25) is 0 Å². The number of urea groups is 1. The number of hydrogen-bond acceptors (Lipinski definition) is 7. The summed E-state index contributed by atoms with van der Waals surface area (Å²) in [7, 11) is 1.38. The predicted molar refractivity (Wildman–Crippen MR) is 122 cm³/mol. The fourth-order valence-electron chi connectivity index (χ4n) is 3.57. The lowest BCUT2D eigenvalue weighted by Gasteiger charge is -2.30. The lowest BCUT2D eigenvalue weighted by Crippen LogP contribution is -2.46. The van der Waals surface area contributed by atoms with Crippen LogP contribution in [0.4, 0.5) is 10.5 Å². The highest BCUT2D eigenvalue weighted by atomic mass is 16.6. The Morgan fingerprint density at radius 1 is 1.21 bits per heavy atom. The zero-order valence-corrected chi connectivity index (χ0v) is 19.9. The first-order chi connectivity index (χ1) is 15.7. The number of nitrogens with one attached hydrogen (secondary N) is 2. The van der Waals surface area contributed by atoms with E-state index in [1.807, 2.05) is 13.8 Å². The van der Waals surface area contributed by atoms with Crippen LogP contribution in [0.5, 0.6) is 11.5 Å².